The van der Waals surface area contributed by atoms with Gasteiger partial charge in [-0.05, 0) is 12.8 Å². The van der Waals surface area contributed by atoms with Crippen molar-refractivity contribution >= 4 is 0 Å². The Bertz CT molecular complexity index is 144. The van der Waals surface area contributed by atoms with Crippen molar-refractivity contribution in [1.29, 1.82) is 0 Å². The molecule has 0 fully saturated rings. The Morgan fingerprint density at radius 1 is 0.733 bits per heavy atom. The van der Waals surface area contributed by atoms with E-state index in [-0.39, 0.29) is 0 Å². The maximum atomic E-state index is 3.86. The second-order valence-corrected chi connectivity index (χ2v) is 4.13. The van der Waals surface area contributed by atoms with Crippen molar-refractivity contribution in [2.45, 2.75) is 64.2 Å². The van der Waals surface area contributed by atoms with E-state index in [1.165, 1.54) is 57.8 Å². The third kappa shape index (κ3) is 13.5. The van der Waals surface area contributed by atoms with Crippen LogP contribution in [0, 0.1) is 6.92 Å². The topological polar surface area (TPSA) is 0 Å². The highest BCUT2D eigenvalue weighted by Crippen LogP contribution is 2.10. The standard InChI is InChI=1S/C15H27/c1-3-5-7-9-11-13-15-14-12-10-8-6-4-2/h3,5,7H,1-2,4,6,8-15H2. The zero-order chi connectivity index (χ0) is 11.2. The number of unbranched alkanes of at least 4 members (excludes halogenated alkanes) is 9. The Hall–Kier alpha value is -0.520. The van der Waals surface area contributed by atoms with Gasteiger partial charge in [-0.1, -0.05) is 83.1 Å². The van der Waals surface area contributed by atoms with Gasteiger partial charge < -0.3 is 0 Å². The van der Waals surface area contributed by atoms with Crippen LogP contribution in [0.1, 0.15) is 64.2 Å². The van der Waals surface area contributed by atoms with E-state index in [1.807, 2.05) is 12.2 Å². The van der Waals surface area contributed by atoms with E-state index < -0.39 is 0 Å². The van der Waals surface area contributed by atoms with Gasteiger partial charge in [0, 0.05) is 0 Å². The van der Waals surface area contributed by atoms with Crippen molar-refractivity contribution in [1.82, 2.24) is 0 Å². The van der Waals surface area contributed by atoms with Crippen LogP contribution < -0.4 is 0 Å². The molecule has 0 heterocycles. The summed E-state index contributed by atoms with van der Waals surface area (Å²) < 4.78 is 0. The molecule has 0 aliphatic rings. The average Bonchev–Trinajstić information content (AvgIpc) is 2.26. The molecule has 0 rings (SSSR count). The van der Waals surface area contributed by atoms with Gasteiger partial charge in [-0.2, -0.15) is 0 Å². The number of rotatable bonds is 11. The van der Waals surface area contributed by atoms with Crippen molar-refractivity contribution in [2.75, 3.05) is 0 Å². The highest BCUT2D eigenvalue weighted by atomic mass is 14.0. The molecule has 0 aliphatic carbocycles. The molecule has 0 heteroatoms. The number of allylic oxidation sites excluding steroid dienone is 3. The fourth-order valence-corrected chi connectivity index (χ4v) is 1.69. The maximum absolute atomic E-state index is 3.86. The van der Waals surface area contributed by atoms with E-state index >= 15 is 0 Å². The normalized spacial score (nSPS) is 11.0. The van der Waals surface area contributed by atoms with Crippen LogP contribution in [0.4, 0.5) is 0 Å². The van der Waals surface area contributed by atoms with Crippen LogP contribution in [-0.2, 0) is 0 Å². The van der Waals surface area contributed by atoms with Gasteiger partial charge in [0.2, 0.25) is 0 Å². The van der Waals surface area contributed by atoms with Crippen LogP contribution in [0.5, 0.6) is 0 Å². The number of hydrogen-bond donors (Lipinski definition) is 0. The van der Waals surface area contributed by atoms with Crippen LogP contribution in [0.25, 0.3) is 0 Å². The summed E-state index contributed by atoms with van der Waals surface area (Å²) in [7, 11) is 0. The minimum atomic E-state index is 1.11. The molecule has 0 aromatic heterocycles. The van der Waals surface area contributed by atoms with Crippen molar-refractivity contribution in [3.05, 3.63) is 31.7 Å². The zero-order valence-electron chi connectivity index (χ0n) is 10.2. The van der Waals surface area contributed by atoms with Crippen LogP contribution in [0.3, 0.4) is 0 Å². The fourth-order valence-electron chi connectivity index (χ4n) is 1.69. The molecule has 15 heavy (non-hydrogen) atoms. The molecule has 0 aliphatic heterocycles. The largest absolute Gasteiger partial charge is 0.0991 e. The molecule has 0 bridgehead atoms. The minimum Gasteiger partial charge on any atom is -0.0991 e. The first-order chi connectivity index (χ1) is 7.41. The molecule has 0 atom stereocenters. The molecule has 0 nitrogen and oxygen atoms in total. The molecule has 1 radical (unpaired) electrons. The second-order valence-electron chi connectivity index (χ2n) is 4.13. The summed E-state index contributed by atoms with van der Waals surface area (Å²) in [5.41, 5.74) is 0. The van der Waals surface area contributed by atoms with E-state index in [4.69, 9.17) is 0 Å². The van der Waals surface area contributed by atoms with Gasteiger partial charge in [-0.15, -0.1) is 0 Å². The van der Waals surface area contributed by atoms with Gasteiger partial charge in [0.1, 0.15) is 0 Å². The second kappa shape index (κ2) is 13.5. The quantitative estimate of drug-likeness (QED) is 0.311. The van der Waals surface area contributed by atoms with Gasteiger partial charge >= 0.3 is 0 Å². The van der Waals surface area contributed by atoms with Gasteiger partial charge in [0.25, 0.3) is 0 Å². The summed E-state index contributed by atoms with van der Waals surface area (Å²) in [5.74, 6) is 0. The molecule has 0 amide bonds. The molecule has 0 N–H and O–H groups in total. The van der Waals surface area contributed by atoms with E-state index in [2.05, 4.69) is 19.6 Å². The first-order valence-corrected chi connectivity index (χ1v) is 6.48. The Kier molecular flexibility index (Phi) is 13.0. The molecular weight excluding hydrogens is 180 g/mol. The van der Waals surface area contributed by atoms with Gasteiger partial charge in [-0.25, -0.2) is 0 Å². The Morgan fingerprint density at radius 2 is 1.27 bits per heavy atom. The van der Waals surface area contributed by atoms with Crippen LogP contribution >= 0.6 is 0 Å². The maximum Gasteiger partial charge on any atom is -0.0348 e. The molecular formula is C15H27. The van der Waals surface area contributed by atoms with E-state index in [9.17, 15) is 0 Å². The Morgan fingerprint density at radius 3 is 1.80 bits per heavy atom. The molecule has 87 valence electrons. The average molecular weight is 207 g/mol. The van der Waals surface area contributed by atoms with E-state index in [0.717, 1.165) is 6.42 Å². The minimum absolute atomic E-state index is 1.11. The van der Waals surface area contributed by atoms with Crippen molar-refractivity contribution in [3.8, 4) is 0 Å². The lowest BCUT2D eigenvalue weighted by Gasteiger charge is -2.00. The first kappa shape index (κ1) is 14.5. The van der Waals surface area contributed by atoms with Gasteiger partial charge in [0.05, 0.1) is 0 Å². The number of hydrogen-bond acceptors (Lipinski definition) is 0. The lowest BCUT2D eigenvalue weighted by molar-refractivity contribution is 0.571. The Labute approximate surface area is 96.5 Å². The first-order valence-electron chi connectivity index (χ1n) is 6.48. The van der Waals surface area contributed by atoms with Crippen molar-refractivity contribution in [3.63, 3.8) is 0 Å². The monoisotopic (exact) mass is 207 g/mol. The van der Waals surface area contributed by atoms with Gasteiger partial charge in [-0.3, -0.25) is 0 Å². The lowest BCUT2D eigenvalue weighted by atomic mass is 10.1. The predicted octanol–water partition coefficient (Wildman–Crippen LogP) is 5.46. The van der Waals surface area contributed by atoms with E-state index in [0.29, 0.717) is 0 Å². The summed E-state index contributed by atoms with van der Waals surface area (Å²) in [6, 6.07) is 0. The highest BCUT2D eigenvalue weighted by molar-refractivity contribution is 4.96. The summed E-state index contributed by atoms with van der Waals surface area (Å²) in [5, 5.41) is 0. The third-order valence-corrected chi connectivity index (χ3v) is 2.64. The van der Waals surface area contributed by atoms with Crippen LogP contribution in [0.2, 0.25) is 0 Å². The molecule has 0 unspecified atom stereocenters. The lowest BCUT2D eigenvalue weighted by Crippen LogP contribution is -1.80. The Balaban J connectivity index is 2.92. The predicted molar refractivity (Wildman–Crippen MR) is 70.9 cm³/mol. The fraction of sp³-hybridized carbons (Fsp3) is 0.667. The summed E-state index contributed by atoms with van der Waals surface area (Å²) >= 11 is 0. The van der Waals surface area contributed by atoms with Crippen LogP contribution in [0.15, 0.2) is 24.8 Å². The molecule has 0 spiro atoms. The molecule has 0 aromatic carbocycles. The summed E-state index contributed by atoms with van der Waals surface area (Å²) in [6.45, 7) is 7.51. The summed E-state index contributed by atoms with van der Waals surface area (Å²) in [4.78, 5) is 0. The van der Waals surface area contributed by atoms with Crippen LogP contribution in [-0.4, -0.2) is 0 Å². The van der Waals surface area contributed by atoms with E-state index in [1.54, 1.807) is 0 Å². The van der Waals surface area contributed by atoms with Crippen molar-refractivity contribution < 1.29 is 0 Å². The smallest absolute Gasteiger partial charge is 0.0348 e. The molecule has 0 saturated carbocycles. The zero-order valence-corrected chi connectivity index (χ0v) is 10.2. The molecule has 0 saturated heterocycles. The van der Waals surface area contributed by atoms with Gasteiger partial charge in [0.15, 0.2) is 0 Å². The molecule has 0 aromatic rings. The highest BCUT2D eigenvalue weighted by Gasteiger charge is 1.90. The SMILES string of the molecule is [CH2]CCCCCCCCCCC=CC=C. The summed E-state index contributed by atoms with van der Waals surface area (Å²) in [6.07, 6.45) is 19.5. The van der Waals surface area contributed by atoms with Crippen molar-refractivity contribution in [2.24, 2.45) is 0 Å². The third-order valence-electron chi connectivity index (χ3n) is 2.64.